The molecule has 4 nitrogen and oxygen atoms in total. The zero-order chi connectivity index (χ0) is 14.4. The van der Waals surface area contributed by atoms with Crippen molar-refractivity contribution in [3.8, 4) is 0 Å². The van der Waals surface area contributed by atoms with E-state index in [0.29, 0.717) is 18.0 Å². The van der Waals surface area contributed by atoms with Crippen molar-refractivity contribution in [3.63, 3.8) is 0 Å². The minimum Gasteiger partial charge on any atom is -0.397 e. The van der Waals surface area contributed by atoms with Gasteiger partial charge in [0.15, 0.2) is 0 Å². The fourth-order valence-corrected chi connectivity index (χ4v) is 2.13. The van der Waals surface area contributed by atoms with Gasteiger partial charge in [-0.05, 0) is 29.8 Å². The smallest absolute Gasteiger partial charge is 0.250 e. The summed E-state index contributed by atoms with van der Waals surface area (Å²) in [6.45, 7) is 0.373. The summed E-state index contributed by atoms with van der Waals surface area (Å²) in [7, 11) is 0. The second-order valence-corrected chi connectivity index (χ2v) is 5.17. The Hall–Kier alpha value is -1.85. The lowest BCUT2D eigenvalue weighted by Gasteiger charge is -2.08. The normalized spacial score (nSPS) is 10.2. The van der Waals surface area contributed by atoms with Crippen molar-refractivity contribution in [2.75, 3.05) is 17.7 Å². The van der Waals surface area contributed by atoms with Gasteiger partial charge >= 0.3 is 0 Å². The molecule has 0 saturated heterocycles. The lowest BCUT2D eigenvalue weighted by Crippen LogP contribution is -2.18. The summed E-state index contributed by atoms with van der Waals surface area (Å²) in [5.41, 5.74) is 7.89. The van der Waals surface area contributed by atoms with Crippen molar-refractivity contribution in [1.29, 1.82) is 0 Å². The number of carbonyl (C=O) groups is 1. The second kappa shape index (κ2) is 7.07. The fraction of sp³-hybridized carbons (Fsp3) is 0.133. The van der Waals surface area contributed by atoms with E-state index in [0.717, 1.165) is 10.0 Å². The number of carbonyl (C=O) groups excluding carboxylic acids is 1. The van der Waals surface area contributed by atoms with Gasteiger partial charge in [-0.2, -0.15) is 0 Å². The average Bonchev–Trinajstić information content (AvgIpc) is 2.41. The van der Waals surface area contributed by atoms with Crippen molar-refractivity contribution in [2.45, 2.75) is 6.61 Å². The average molecular weight is 335 g/mol. The molecule has 5 heteroatoms. The number of hydrogen-bond acceptors (Lipinski definition) is 3. The first-order valence-corrected chi connectivity index (χ1v) is 6.91. The van der Waals surface area contributed by atoms with E-state index in [4.69, 9.17) is 10.5 Å². The summed E-state index contributed by atoms with van der Waals surface area (Å²) in [4.78, 5) is 11.7. The largest absolute Gasteiger partial charge is 0.397 e. The van der Waals surface area contributed by atoms with Crippen LogP contribution in [0.3, 0.4) is 0 Å². The summed E-state index contributed by atoms with van der Waals surface area (Å²) in [6, 6.07) is 14.9. The Morgan fingerprint density at radius 2 is 2.00 bits per heavy atom. The molecule has 2 rings (SSSR count). The van der Waals surface area contributed by atoms with Crippen molar-refractivity contribution in [3.05, 3.63) is 58.6 Å². The molecule has 0 atom stereocenters. The molecule has 2 aromatic rings. The number of nitrogens with two attached hydrogens (primary N) is 1. The standard InChI is InChI=1S/C15H15BrN2O2/c16-12-5-3-4-11(8-12)9-20-10-15(19)18-14-7-2-1-6-13(14)17/h1-8H,9-10,17H2,(H,18,19). The fourth-order valence-electron chi connectivity index (χ4n) is 1.69. The van der Waals surface area contributed by atoms with E-state index in [2.05, 4.69) is 21.2 Å². The van der Waals surface area contributed by atoms with Crippen LogP contribution in [0, 0.1) is 0 Å². The molecule has 0 unspecified atom stereocenters. The highest BCUT2D eigenvalue weighted by molar-refractivity contribution is 9.10. The van der Waals surface area contributed by atoms with Gasteiger partial charge in [0.2, 0.25) is 5.91 Å². The van der Waals surface area contributed by atoms with Crippen molar-refractivity contribution in [2.24, 2.45) is 0 Å². The molecular weight excluding hydrogens is 320 g/mol. The topological polar surface area (TPSA) is 64.3 Å². The highest BCUT2D eigenvalue weighted by Crippen LogP contribution is 2.16. The number of nitrogens with one attached hydrogen (secondary N) is 1. The Morgan fingerprint density at radius 1 is 1.20 bits per heavy atom. The Bertz CT molecular complexity index is 602. The zero-order valence-electron chi connectivity index (χ0n) is 10.8. The zero-order valence-corrected chi connectivity index (χ0v) is 12.4. The van der Waals surface area contributed by atoms with Gasteiger partial charge in [0.1, 0.15) is 6.61 Å². The van der Waals surface area contributed by atoms with Crippen LogP contribution in [-0.2, 0) is 16.1 Å². The number of hydrogen-bond donors (Lipinski definition) is 2. The molecule has 0 aliphatic carbocycles. The first kappa shape index (κ1) is 14.6. The first-order chi connectivity index (χ1) is 9.65. The van der Waals surface area contributed by atoms with Crippen LogP contribution >= 0.6 is 15.9 Å². The molecule has 0 spiro atoms. The summed E-state index contributed by atoms with van der Waals surface area (Å²) in [6.07, 6.45) is 0. The first-order valence-electron chi connectivity index (χ1n) is 6.11. The lowest BCUT2D eigenvalue weighted by molar-refractivity contribution is -0.121. The molecule has 104 valence electrons. The van der Waals surface area contributed by atoms with Gasteiger partial charge < -0.3 is 15.8 Å². The van der Waals surface area contributed by atoms with E-state index in [1.165, 1.54) is 0 Å². The van der Waals surface area contributed by atoms with Crippen molar-refractivity contribution >= 4 is 33.2 Å². The molecule has 0 saturated carbocycles. The quantitative estimate of drug-likeness (QED) is 0.825. The van der Waals surface area contributed by atoms with E-state index >= 15 is 0 Å². The predicted molar refractivity (Wildman–Crippen MR) is 83.3 cm³/mol. The van der Waals surface area contributed by atoms with Gasteiger partial charge in [0, 0.05) is 4.47 Å². The Morgan fingerprint density at radius 3 is 2.75 bits per heavy atom. The van der Waals surface area contributed by atoms with Crippen LogP contribution in [0.5, 0.6) is 0 Å². The highest BCUT2D eigenvalue weighted by Gasteiger charge is 2.05. The number of benzene rings is 2. The Kier molecular flexibility index (Phi) is 5.15. The molecule has 0 aromatic heterocycles. The van der Waals surface area contributed by atoms with Crippen LogP contribution in [0.15, 0.2) is 53.0 Å². The molecule has 20 heavy (non-hydrogen) atoms. The molecule has 0 fully saturated rings. The monoisotopic (exact) mass is 334 g/mol. The molecule has 0 heterocycles. The number of para-hydroxylation sites is 2. The van der Waals surface area contributed by atoms with Crippen LogP contribution in [0.2, 0.25) is 0 Å². The molecule has 0 bridgehead atoms. The molecule has 3 N–H and O–H groups in total. The van der Waals surface area contributed by atoms with E-state index < -0.39 is 0 Å². The summed E-state index contributed by atoms with van der Waals surface area (Å²) < 4.78 is 6.36. The van der Waals surface area contributed by atoms with Crippen molar-refractivity contribution in [1.82, 2.24) is 0 Å². The SMILES string of the molecule is Nc1ccccc1NC(=O)COCc1cccc(Br)c1. The van der Waals surface area contributed by atoms with Crippen LogP contribution in [-0.4, -0.2) is 12.5 Å². The summed E-state index contributed by atoms with van der Waals surface area (Å²) in [5.74, 6) is -0.224. The molecule has 2 aromatic carbocycles. The predicted octanol–water partition coefficient (Wildman–Crippen LogP) is 3.19. The number of halogens is 1. The number of rotatable bonds is 5. The molecular formula is C15H15BrN2O2. The number of nitrogen functional groups attached to an aromatic ring is 1. The van der Waals surface area contributed by atoms with Crippen LogP contribution in [0.1, 0.15) is 5.56 Å². The van der Waals surface area contributed by atoms with E-state index in [1.807, 2.05) is 36.4 Å². The minimum atomic E-state index is -0.224. The lowest BCUT2D eigenvalue weighted by atomic mass is 10.2. The maximum absolute atomic E-state index is 11.7. The van der Waals surface area contributed by atoms with Gasteiger partial charge in [-0.1, -0.05) is 40.2 Å². The maximum Gasteiger partial charge on any atom is 0.250 e. The molecule has 1 amide bonds. The Labute approximate surface area is 126 Å². The van der Waals surface area contributed by atoms with Gasteiger partial charge in [0.25, 0.3) is 0 Å². The van der Waals surface area contributed by atoms with Crippen molar-refractivity contribution < 1.29 is 9.53 Å². The molecule has 0 aliphatic rings. The van der Waals surface area contributed by atoms with Gasteiger partial charge in [-0.25, -0.2) is 0 Å². The van der Waals surface area contributed by atoms with E-state index in [-0.39, 0.29) is 12.5 Å². The number of ether oxygens (including phenoxy) is 1. The molecule has 0 aliphatic heterocycles. The van der Waals surface area contributed by atoms with Crippen LogP contribution in [0.25, 0.3) is 0 Å². The third kappa shape index (κ3) is 4.36. The second-order valence-electron chi connectivity index (χ2n) is 4.26. The number of anilines is 2. The summed E-state index contributed by atoms with van der Waals surface area (Å²) in [5, 5.41) is 2.71. The third-order valence-corrected chi connectivity index (χ3v) is 3.12. The number of amides is 1. The molecule has 0 radical (unpaired) electrons. The van der Waals surface area contributed by atoms with E-state index in [9.17, 15) is 4.79 Å². The Balaban J connectivity index is 1.80. The van der Waals surface area contributed by atoms with Gasteiger partial charge in [-0.15, -0.1) is 0 Å². The highest BCUT2D eigenvalue weighted by atomic mass is 79.9. The van der Waals surface area contributed by atoms with E-state index in [1.54, 1.807) is 12.1 Å². The van der Waals surface area contributed by atoms with Gasteiger partial charge in [-0.3, -0.25) is 4.79 Å². The third-order valence-electron chi connectivity index (χ3n) is 2.63. The van der Waals surface area contributed by atoms with Gasteiger partial charge in [0.05, 0.1) is 18.0 Å². The van der Waals surface area contributed by atoms with Crippen LogP contribution < -0.4 is 11.1 Å². The summed E-state index contributed by atoms with van der Waals surface area (Å²) >= 11 is 3.39. The minimum absolute atomic E-state index is 0.0130. The van der Waals surface area contributed by atoms with Crippen LogP contribution in [0.4, 0.5) is 11.4 Å². The maximum atomic E-state index is 11.7.